The van der Waals surface area contributed by atoms with Crippen LogP contribution in [0.5, 0.6) is 0 Å². The van der Waals surface area contributed by atoms with Crippen molar-refractivity contribution >= 4 is 5.52 Å². The lowest BCUT2D eigenvalue weighted by atomic mass is 9.92. The first-order chi connectivity index (χ1) is 12.4. The van der Waals surface area contributed by atoms with Gasteiger partial charge in [-0.2, -0.15) is 5.10 Å². The molecule has 2 heterocycles. The Kier molecular flexibility index (Phi) is 5.15. The number of benzene rings is 1. The molecule has 1 atom stereocenters. The fraction of sp³-hybridized carbons (Fsp3) is 0.455. The molecule has 4 nitrogen and oxygen atoms in total. The summed E-state index contributed by atoms with van der Waals surface area (Å²) < 4.78 is 2.06. The van der Waals surface area contributed by atoms with Crippen LogP contribution < -0.4 is 5.73 Å². The molecular weight excluding hydrogens is 320 g/mol. The van der Waals surface area contributed by atoms with E-state index >= 15 is 0 Å². The van der Waals surface area contributed by atoms with Gasteiger partial charge in [-0.25, -0.2) is 9.50 Å². The Morgan fingerprint density at radius 3 is 2.27 bits per heavy atom. The summed E-state index contributed by atoms with van der Waals surface area (Å²) in [7, 11) is 0. The van der Waals surface area contributed by atoms with Gasteiger partial charge in [-0.05, 0) is 82.7 Å². The molecule has 1 aromatic carbocycles. The molecule has 0 radical (unpaired) electrons. The zero-order chi connectivity index (χ0) is 19.0. The summed E-state index contributed by atoms with van der Waals surface area (Å²) in [5.41, 5.74) is 15.4. The van der Waals surface area contributed by atoms with Gasteiger partial charge in [0.15, 0.2) is 5.82 Å². The summed E-state index contributed by atoms with van der Waals surface area (Å²) in [6.45, 7) is 13.5. The van der Waals surface area contributed by atoms with Gasteiger partial charge < -0.3 is 5.73 Å². The molecule has 2 aromatic heterocycles. The Morgan fingerprint density at radius 2 is 1.69 bits per heavy atom. The van der Waals surface area contributed by atoms with Crippen LogP contribution in [-0.2, 0) is 0 Å². The molecule has 0 aliphatic carbocycles. The van der Waals surface area contributed by atoms with Crippen molar-refractivity contribution in [1.82, 2.24) is 14.6 Å². The molecule has 0 fully saturated rings. The highest BCUT2D eigenvalue weighted by Crippen LogP contribution is 2.34. The molecule has 0 saturated heterocycles. The Labute approximate surface area is 156 Å². The summed E-state index contributed by atoms with van der Waals surface area (Å²) in [6.07, 6.45) is 2.05. The third kappa shape index (κ3) is 3.14. The Bertz CT molecular complexity index is 929. The zero-order valence-electron chi connectivity index (χ0n) is 16.8. The number of nitrogens with two attached hydrogens (primary N) is 1. The first-order valence-corrected chi connectivity index (χ1v) is 9.52. The van der Waals surface area contributed by atoms with Crippen LogP contribution in [0.25, 0.3) is 16.9 Å². The summed E-state index contributed by atoms with van der Waals surface area (Å²) in [5.74, 6) is 1.38. The highest BCUT2D eigenvalue weighted by Gasteiger charge is 2.21. The first-order valence-electron chi connectivity index (χ1n) is 9.52. The van der Waals surface area contributed by atoms with Crippen LogP contribution >= 0.6 is 0 Å². The Hall–Kier alpha value is -2.20. The molecule has 0 aliphatic rings. The van der Waals surface area contributed by atoms with Crippen LogP contribution in [0.4, 0.5) is 0 Å². The van der Waals surface area contributed by atoms with Crippen molar-refractivity contribution in [3.8, 4) is 11.4 Å². The number of nitrogens with zero attached hydrogens (tertiary/aromatic N) is 3. The van der Waals surface area contributed by atoms with Gasteiger partial charge in [-0.1, -0.05) is 24.6 Å². The Balaban J connectivity index is 2.33. The predicted molar refractivity (Wildman–Crippen MR) is 109 cm³/mol. The van der Waals surface area contributed by atoms with Crippen molar-refractivity contribution in [3.05, 3.63) is 51.8 Å². The molecule has 3 rings (SSSR count). The summed E-state index contributed by atoms with van der Waals surface area (Å²) in [6, 6.07) is 6.66. The van der Waals surface area contributed by atoms with Gasteiger partial charge >= 0.3 is 0 Å². The van der Waals surface area contributed by atoms with E-state index in [0.29, 0.717) is 12.5 Å². The molecule has 138 valence electrons. The second kappa shape index (κ2) is 7.20. The minimum absolute atomic E-state index is 0.438. The molecular formula is C22H30N4. The number of aromatic nitrogens is 3. The maximum atomic E-state index is 5.87. The Morgan fingerprint density at radius 1 is 1.04 bits per heavy atom. The first kappa shape index (κ1) is 18.6. The van der Waals surface area contributed by atoms with E-state index in [1.807, 2.05) is 0 Å². The molecule has 0 saturated carbocycles. The van der Waals surface area contributed by atoms with Gasteiger partial charge in [0.1, 0.15) is 0 Å². The molecule has 3 aromatic rings. The van der Waals surface area contributed by atoms with Crippen LogP contribution in [0.15, 0.2) is 18.2 Å². The van der Waals surface area contributed by atoms with Crippen LogP contribution in [0.3, 0.4) is 0 Å². The van der Waals surface area contributed by atoms with Crippen molar-refractivity contribution in [2.45, 2.75) is 60.3 Å². The van der Waals surface area contributed by atoms with E-state index in [9.17, 15) is 0 Å². The zero-order valence-corrected chi connectivity index (χ0v) is 16.8. The lowest BCUT2D eigenvalue weighted by Gasteiger charge is -2.17. The number of hydrogen-bond donors (Lipinski definition) is 1. The average Bonchev–Trinajstić information content (AvgIpc) is 2.87. The van der Waals surface area contributed by atoms with E-state index in [-0.39, 0.29) is 0 Å². The number of fused-ring (bicyclic) bond motifs is 1. The fourth-order valence-corrected chi connectivity index (χ4v) is 4.21. The quantitative estimate of drug-likeness (QED) is 0.720. The van der Waals surface area contributed by atoms with E-state index in [0.717, 1.165) is 35.6 Å². The molecule has 4 heteroatoms. The molecule has 0 aliphatic heterocycles. The monoisotopic (exact) mass is 350 g/mol. The molecule has 0 bridgehead atoms. The smallest absolute Gasteiger partial charge is 0.162 e. The standard InChI is InChI=1S/C22H30N4/c1-7-18(8-9-23)19-12-16(5)25-26-21(19)17(6)24-22(26)20-14(3)10-13(2)11-15(20)4/h10-12,18H,7-9,23H2,1-6H3. The SMILES string of the molecule is CCC(CCN)c1cc(C)nn2c(-c3c(C)cc(C)cc3C)nc(C)c12. The van der Waals surface area contributed by atoms with Crippen molar-refractivity contribution in [2.75, 3.05) is 6.54 Å². The van der Waals surface area contributed by atoms with Crippen LogP contribution in [0.1, 0.15) is 59.3 Å². The number of rotatable bonds is 5. The highest BCUT2D eigenvalue weighted by atomic mass is 15.3. The lowest BCUT2D eigenvalue weighted by molar-refractivity contribution is 0.613. The highest BCUT2D eigenvalue weighted by molar-refractivity contribution is 5.72. The minimum atomic E-state index is 0.438. The van der Waals surface area contributed by atoms with Gasteiger partial charge in [0, 0.05) is 5.56 Å². The van der Waals surface area contributed by atoms with Gasteiger partial charge in [0.2, 0.25) is 0 Å². The van der Waals surface area contributed by atoms with Crippen LogP contribution in [0.2, 0.25) is 0 Å². The normalized spacial score (nSPS) is 12.7. The van der Waals surface area contributed by atoms with Gasteiger partial charge in [-0.3, -0.25) is 0 Å². The van der Waals surface area contributed by atoms with E-state index < -0.39 is 0 Å². The summed E-state index contributed by atoms with van der Waals surface area (Å²) in [5, 5.41) is 4.84. The van der Waals surface area contributed by atoms with E-state index in [1.165, 1.54) is 27.8 Å². The summed E-state index contributed by atoms with van der Waals surface area (Å²) in [4.78, 5) is 4.96. The van der Waals surface area contributed by atoms with Crippen molar-refractivity contribution in [3.63, 3.8) is 0 Å². The van der Waals surface area contributed by atoms with Crippen LogP contribution in [0, 0.1) is 34.6 Å². The second-order valence-corrected chi connectivity index (χ2v) is 7.48. The molecule has 26 heavy (non-hydrogen) atoms. The average molecular weight is 351 g/mol. The third-order valence-electron chi connectivity index (χ3n) is 5.27. The van der Waals surface area contributed by atoms with Crippen molar-refractivity contribution < 1.29 is 0 Å². The fourth-order valence-electron chi connectivity index (χ4n) is 4.21. The molecule has 0 spiro atoms. The van der Waals surface area contributed by atoms with Crippen LogP contribution in [-0.4, -0.2) is 21.1 Å². The third-order valence-corrected chi connectivity index (χ3v) is 5.27. The van der Waals surface area contributed by atoms with Crippen molar-refractivity contribution in [2.24, 2.45) is 5.73 Å². The topological polar surface area (TPSA) is 56.2 Å². The molecule has 0 amide bonds. The maximum absolute atomic E-state index is 5.87. The van der Waals surface area contributed by atoms with Gasteiger partial charge in [0.05, 0.1) is 16.9 Å². The lowest BCUT2D eigenvalue weighted by Crippen LogP contribution is -2.10. The van der Waals surface area contributed by atoms with E-state index in [2.05, 4.69) is 64.3 Å². The largest absolute Gasteiger partial charge is 0.330 e. The minimum Gasteiger partial charge on any atom is -0.330 e. The maximum Gasteiger partial charge on any atom is 0.162 e. The number of imidazole rings is 1. The molecule has 2 N–H and O–H groups in total. The molecule has 1 unspecified atom stereocenters. The predicted octanol–water partition coefficient (Wildman–Crippen LogP) is 4.78. The number of aryl methyl sites for hydroxylation is 5. The van der Waals surface area contributed by atoms with E-state index in [1.54, 1.807) is 0 Å². The summed E-state index contributed by atoms with van der Waals surface area (Å²) >= 11 is 0. The second-order valence-electron chi connectivity index (χ2n) is 7.48. The van der Waals surface area contributed by atoms with E-state index in [4.69, 9.17) is 15.8 Å². The number of hydrogen-bond acceptors (Lipinski definition) is 3. The van der Waals surface area contributed by atoms with Gasteiger partial charge in [0.25, 0.3) is 0 Å². The van der Waals surface area contributed by atoms with Crippen molar-refractivity contribution in [1.29, 1.82) is 0 Å². The van der Waals surface area contributed by atoms with Gasteiger partial charge in [-0.15, -0.1) is 0 Å².